The highest BCUT2D eigenvalue weighted by atomic mass is 32.1. The third-order valence-corrected chi connectivity index (χ3v) is 25.1. The molecule has 1 aromatic heterocycles. The number of hydrogen-bond donors (Lipinski definition) is 0. The van der Waals surface area contributed by atoms with E-state index in [0.29, 0.717) is 0 Å². The standard InChI is InChI=1S/C78H96BN3S/c1-69(2,3)47-23-26-49(27-24-47)81-64-42-51(82-61-30-25-48(70(4,5)6)39-59(61)77(19)31-21-22-32-78(77,82)20)41-63-66(64)79(68-67(81)52-43-55-58(46-65(52)83-68)76(17,18)38-35-73(55,11)12)60-44-56-57(75(15,16)37-36-74(56,13)14)45-62(60)80(63)50-28-29-53-54(40-50)72(9,10)34-33-71(53,7)8/h23-30,39-46H,21-22,31-38H2,1-20H3. The van der Waals surface area contributed by atoms with Crippen LogP contribution in [0.15, 0.2) is 97.1 Å². The first kappa shape index (κ1) is 55.6. The lowest BCUT2D eigenvalue weighted by Gasteiger charge is -2.51. The molecular weight excluding hydrogens is 1020 g/mol. The Kier molecular flexibility index (Phi) is 11.6. The highest BCUT2D eigenvalue weighted by Crippen LogP contribution is 2.63. The first-order valence-corrected chi connectivity index (χ1v) is 33.2. The van der Waals surface area contributed by atoms with Gasteiger partial charge in [-0.1, -0.05) is 181 Å². The molecule has 0 radical (unpaired) electrons. The molecule has 3 aliphatic heterocycles. The van der Waals surface area contributed by atoms with Gasteiger partial charge in [0.1, 0.15) is 0 Å². The Morgan fingerprint density at radius 2 is 0.892 bits per heavy atom. The molecule has 14 rings (SSSR count). The Bertz CT molecular complexity index is 3900. The van der Waals surface area contributed by atoms with Crippen molar-refractivity contribution in [2.75, 3.05) is 14.7 Å². The molecule has 0 bridgehead atoms. The number of thiophene rings is 1. The van der Waals surface area contributed by atoms with Crippen LogP contribution in [0.5, 0.6) is 0 Å². The van der Waals surface area contributed by atoms with Gasteiger partial charge in [0.2, 0.25) is 0 Å². The average Bonchev–Trinajstić information content (AvgIpc) is 1.75. The van der Waals surface area contributed by atoms with E-state index in [9.17, 15) is 0 Å². The van der Waals surface area contributed by atoms with Gasteiger partial charge in [0.25, 0.3) is 6.71 Å². The molecule has 4 heterocycles. The van der Waals surface area contributed by atoms with Crippen molar-refractivity contribution in [3.05, 3.63) is 147 Å². The summed E-state index contributed by atoms with van der Waals surface area (Å²) in [5.74, 6) is 0. The second kappa shape index (κ2) is 17.3. The highest BCUT2D eigenvalue weighted by Gasteiger charge is 2.59. The fraction of sp³-hybridized carbons (Fsp3) is 0.513. The quantitative estimate of drug-likeness (QED) is 0.163. The molecule has 7 aliphatic rings. The van der Waals surface area contributed by atoms with Crippen LogP contribution >= 0.6 is 11.3 Å². The summed E-state index contributed by atoms with van der Waals surface area (Å²) in [5.41, 5.74) is 27.2. The molecule has 1 saturated carbocycles. The fourth-order valence-electron chi connectivity index (χ4n) is 17.7. The van der Waals surface area contributed by atoms with Crippen LogP contribution in [0.25, 0.3) is 10.1 Å². The van der Waals surface area contributed by atoms with Crippen molar-refractivity contribution in [2.45, 2.75) is 257 Å². The van der Waals surface area contributed by atoms with E-state index in [1.807, 2.05) is 0 Å². The summed E-state index contributed by atoms with van der Waals surface area (Å²) in [6.07, 6.45) is 11.9. The van der Waals surface area contributed by atoms with E-state index in [-0.39, 0.29) is 61.0 Å². The fourth-order valence-corrected chi connectivity index (χ4v) is 19.0. The third-order valence-electron chi connectivity index (χ3n) is 23.9. The number of rotatable bonds is 3. The Morgan fingerprint density at radius 3 is 1.48 bits per heavy atom. The molecule has 0 amide bonds. The lowest BCUT2D eigenvalue weighted by molar-refractivity contribution is 0.195. The van der Waals surface area contributed by atoms with Gasteiger partial charge in [-0.25, -0.2) is 0 Å². The molecule has 3 nitrogen and oxygen atoms in total. The van der Waals surface area contributed by atoms with Crippen molar-refractivity contribution in [1.29, 1.82) is 0 Å². The molecule has 6 aromatic carbocycles. The summed E-state index contributed by atoms with van der Waals surface area (Å²) < 4.78 is 2.90. The molecule has 2 atom stereocenters. The van der Waals surface area contributed by atoms with Gasteiger partial charge in [-0.05, 0) is 223 Å². The Balaban J connectivity index is 1.15. The number of benzene rings is 6. The predicted octanol–water partition coefficient (Wildman–Crippen LogP) is 20.4. The first-order chi connectivity index (χ1) is 38.6. The molecular formula is C78H96BN3S. The second-order valence-corrected chi connectivity index (χ2v) is 35.2. The number of fused-ring (bicyclic) bond motifs is 12. The molecule has 5 heteroatoms. The van der Waals surface area contributed by atoms with Gasteiger partial charge < -0.3 is 14.7 Å². The molecule has 4 aliphatic carbocycles. The molecule has 0 spiro atoms. The number of nitrogens with zero attached hydrogens (tertiary/aromatic N) is 3. The largest absolute Gasteiger partial charge is 0.334 e. The van der Waals surface area contributed by atoms with E-state index >= 15 is 0 Å². The van der Waals surface area contributed by atoms with Gasteiger partial charge in [-0.2, -0.15) is 0 Å². The Morgan fingerprint density at radius 1 is 0.398 bits per heavy atom. The molecule has 432 valence electrons. The van der Waals surface area contributed by atoms with Crippen molar-refractivity contribution in [2.24, 2.45) is 0 Å². The third kappa shape index (κ3) is 7.85. The number of hydrogen-bond acceptors (Lipinski definition) is 4. The van der Waals surface area contributed by atoms with Crippen LogP contribution in [0.1, 0.15) is 253 Å². The maximum atomic E-state index is 2.90. The minimum atomic E-state index is -0.149. The van der Waals surface area contributed by atoms with Crippen LogP contribution < -0.4 is 30.4 Å². The van der Waals surface area contributed by atoms with Crippen LogP contribution in [0.3, 0.4) is 0 Å². The number of anilines is 8. The minimum Gasteiger partial charge on any atom is -0.334 e. The summed E-state index contributed by atoms with van der Waals surface area (Å²) in [4.78, 5) is 8.50. The van der Waals surface area contributed by atoms with E-state index in [2.05, 4.69) is 262 Å². The topological polar surface area (TPSA) is 9.72 Å². The average molecular weight is 1120 g/mol. The van der Waals surface area contributed by atoms with Crippen molar-refractivity contribution in [1.82, 2.24) is 0 Å². The summed E-state index contributed by atoms with van der Waals surface area (Å²) in [6.45, 7) is 49.7. The van der Waals surface area contributed by atoms with Gasteiger partial charge in [0.05, 0.1) is 11.2 Å². The first-order valence-electron chi connectivity index (χ1n) is 32.4. The summed E-state index contributed by atoms with van der Waals surface area (Å²) in [7, 11) is 0. The van der Waals surface area contributed by atoms with Crippen molar-refractivity contribution in [3.8, 4) is 0 Å². The molecule has 0 saturated heterocycles. The second-order valence-electron chi connectivity index (χ2n) is 34.1. The highest BCUT2D eigenvalue weighted by molar-refractivity contribution is 7.33. The molecule has 1 fully saturated rings. The van der Waals surface area contributed by atoms with Crippen LogP contribution in [-0.4, -0.2) is 12.3 Å². The molecule has 0 N–H and O–H groups in total. The van der Waals surface area contributed by atoms with Crippen LogP contribution in [0.2, 0.25) is 0 Å². The zero-order chi connectivity index (χ0) is 59.1. The van der Waals surface area contributed by atoms with E-state index < -0.39 is 0 Å². The smallest absolute Gasteiger partial charge is 0.264 e. The van der Waals surface area contributed by atoms with Gasteiger partial charge >= 0.3 is 0 Å². The summed E-state index contributed by atoms with van der Waals surface area (Å²) in [5, 5.41) is 1.41. The van der Waals surface area contributed by atoms with Crippen molar-refractivity contribution < 1.29 is 0 Å². The maximum absolute atomic E-state index is 2.90. The van der Waals surface area contributed by atoms with Gasteiger partial charge in [0, 0.05) is 60.1 Å². The van der Waals surface area contributed by atoms with E-state index in [0.717, 1.165) is 6.42 Å². The summed E-state index contributed by atoms with van der Waals surface area (Å²) in [6, 6.07) is 41.5. The van der Waals surface area contributed by atoms with Crippen molar-refractivity contribution >= 4 is 89.3 Å². The van der Waals surface area contributed by atoms with Crippen LogP contribution in [0.4, 0.5) is 45.5 Å². The SMILES string of the molecule is CC(C)(C)c1ccc(N2c3cc(N4c5ccc(C(C)(C)C)cc5C5(C)CCCCC45C)cc4c3B(c3cc5c(cc3N4c3ccc4c(c3)C(C)(C)CCC4(C)C)C(C)(C)CCC5(C)C)c3sc4cc5c(cc4c32)C(C)(C)CCC5(C)C)cc1. The van der Waals surface area contributed by atoms with Crippen molar-refractivity contribution in [3.63, 3.8) is 0 Å². The Hall–Kier alpha value is -5.26. The van der Waals surface area contributed by atoms with Gasteiger partial charge in [-0.15, -0.1) is 11.3 Å². The Labute approximate surface area is 505 Å². The monoisotopic (exact) mass is 1120 g/mol. The van der Waals surface area contributed by atoms with Crippen LogP contribution in [-0.2, 0) is 48.7 Å². The maximum Gasteiger partial charge on any atom is 0.264 e. The van der Waals surface area contributed by atoms with Crippen LogP contribution in [0, 0.1) is 0 Å². The minimum absolute atomic E-state index is 0.0186. The predicted molar refractivity (Wildman–Crippen MR) is 362 cm³/mol. The summed E-state index contributed by atoms with van der Waals surface area (Å²) >= 11 is 2.10. The molecule has 7 aromatic rings. The molecule has 2 unspecified atom stereocenters. The van der Waals surface area contributed by atoms with E-state index in [4.69, 9.17) is 0 Å². The van der Waals surface area contributed by atoms with Gasteiger partial charge in [-0.3, -0.25) is 0 Å². The van der Waals surface area contributed by atoms with Gasteiger partial charge in [0.15, 0.2) is 0 Å². The van der Waals surface area contributed by atoms with E-state index in [1.54, 1.807) is 5.56 Å². The lowest BCUT2D eigenvalue weighted by Crippen LogP contribution is -2.61. The molecule has 83 heavy (non-hydrogen) atoms. The zero-order valence-electron chi connectivity index (χ0n) is 54.6. The zero-order valence-corrected chi connectivity index (χ0v) is 55.5. The lowest BCUT2D eigenvalue weighted by atomic mass is 9.35. The normalized spacial score (nSPS) is 24.5. The van der Waals surface area contributed by atoms with E-state index in [1.165, 1.54) is 174 Å².